The van der Waals surface area contributed by atoms with Gasteiger partial charge in [-0.1, -0.05) is 53.2 Å². The first-order chi connectivity index (χ1) is 31.8. The van der Waals surface area contributed by atoms with E-state index in [0.717, 1.165) is 12.8 Å². The molecule has 3 saturated heterocycles. The number of ether oxygens (including phenoxy) is 6. The zero-order valence-electron chi connectivity index (χ0n) is 39.9. The molecular weight excluding hydrogens is 897 g/mol. The smallest absolute Gasteiger partial charge is 0.335 e. The maximum absolute atomic E-state index is 14.4. The number of aliphatic hydroxyl groups excluding tert-OH is 11. The number of hydrogen-bond acceptors (Lipinski definition) is 19. The predicted octanol–water partition coefficient (Wildman–Crippen LogP) is -1.14. The minimum absolute atomic E-state index is 0.0314. The molecule has 0 amide bonds. The number of Topliss-reactive ketones (excluding diaryl/α,β-unsaturated/α-hetero) is 1. The fourth-order valence-electron chi connectivity index (χ4n) is 15.0. The second-order valence-corrected chi connectivity index (χ2v) is 23.3. The molecule has 0 aromatic heterocycles. The number of hydrogen-bond donors (Lipinski definition) is 12. The summed E-state index contributed by atoms with van der Waals surface area (Å²) >= 11 is 0. The van der Waals surface area contributed by atoms with Crippen molar-refractivity contribution in [3.05, 3.63) is 11.6 Å². The SMILES string of the molecule is CC1(COC2OC(CO)C(O)C(O)C2O)CC(=O)C2(C)CCC3(C)C(=CCC4C5(C)CCC(OC6OC(C(=O)O)C(O)C(O)C6OC6OC(CO)C(O)C(O)C6O)C(C)(CO)C5CCC43C)C2C1. The van der Waals surface area contributed by atoms with Crippen LogP contribution >= 0.6 is 0 Å². The van der Waals surface area contributed by atoms with Gasteiger partial charge in [0, 0.05) is 17.3 Å². The van der Waals surface area contributed by atoms with Crippen LogP contribution in [0.5, 0.6) is 0 Å². The van der Waals surface area contributed by atoms with Crippen LogP contribution in [0, 0.1) is 50.2 Å². The summed E-state index contributed by atoms with van der Waals surface area (Å²) < 4.78 is 35.6. The van der Waals surface area contributed by atoms with Crippen LogP contribution in [0.4, 0.5) is 0 Å². The highest BCUT2D eigenvalue weighted by atomic mass is 16.8. The molecule has 3 heterocycles. The van der Waals surface area contributed by atoms with Crippen molar-refractivity contribution in [3.63, 3.8) is 0 Å². The predicted molar refractivity (Wildman–Crippen MR) is 232 cm³/mol. The van der Waals surface area contributed by atoms with Gasteiger partial charge < -0.3 is 89.7 Å². The summed E-state index contributed by atoms with van der Waals surface area (Å²) in [5.74, 6) is -1.58. The Kier molecular flexibility index (Phi) is 14.4. The van der Waals surface area contributed by atoms with Crippen molar-refractivity contribution in [2.75, 3.05) is 26.4 Å². The van der Waals surface area contributed by atoms with E-state index in [0.29, 0.717) is 38.5 Å². The van der Waals surface area contributed by atoms with Crippen LogP contribution in [-0.2, 0) is 38.0 Å². The third-order valence-electron chi connectivity index (χ3n) is 19.5. The molecule has 68 heavy (non-hydrogen) atoms. The van der Waals surface area contributed by atoms with Gasteiger partial charge in [-0.15, -0.1) is 0 Å². The Labute approximate surface area is 396 Å². The van der Waals surface area contributed by atoms with E-state index < -0.39 is 134 Å². The molecule has 0 aromatic rings. The normalized spacial score (nSPS) is 55.0. The standard InChI is InChI=1S/C48H76O20/c1-43(20-63-40-35(59)31(55)29(53)23(17-49)64-40)15-22-21-7-8-26-45(3)11-10-28(46(4,19-51)25(45)9-12-48(26,6)47(21,5)14-13-44(22,2)27(52)16-43)66-42-38(34(58)33(57)37(67-42)39(61)62)68-41-36(60)32(56)30(54)24(18-50)65-41/h7,22-26,28-38,40-42,49-51,53-60H,8-20H2,1-6H3,(H,61,62). The van der Waals surface area contributed by atoms with Gasteiger partial charge in [0.1, 0.15) is 72.9 Å². The number of allylic oxidation sites excluding steroid dienone is 2. The highest BCUT2D eigenvalue weighted by Gasteiger charge is 2.70. The summed E-state index contributed by atoms with van der Waals surface area (Å²) in [5, 5.41) is 126. The van der Waals surface area contributed by atoms with E-state index >= 15 is 0 Å². The number of aliphatic carboxylic acids is 1. The zero-order chi connectivity index (χ0) is 49.8. The van der Waals surface area contributed by atoms with Crippen LogP contribution in [0.25, 0.3) is 0 Å². The van der Waals surface area contributed by atoms with Crippen molar-refractivity contribution in [2.24, 2.45) is 50.2 Å². The van der Waals surface area contributed by atoms with Crippen molar-refractivity contribution < 1.29 is 99.3 Å². The third-order valence-corrected chi connectivity index (χ3v) is 19.5. The van der Waals surface area contributed by atoms with E-state index in [-0.39, 0.29) is 59.4 Å². The van der Waals surface area contributed by atoms with E-state index in [4.69, 9.17) is 28.4 Å². The molecule has 25 unspecified atom stereocenters. The summed E-state index contributed by atoms with van der Waals surface area (Å²) in [6.07, 6.45) is -18.0. The number of ketones is 1. The molecule has 0 spiro atoms. The van der Waals surface area contributed by atoms with Crippen LogP contribution < -0.4 is 0 Å². The first-order valence-corrected chi connectivity index (χ1v) is 24.4. The van der Waals surface area contributed by atoms with Gasteiger partial charge in [0.05, 0.1) is 32.5 Å². The Balaban J connectivity index is 1.04. The lowest BCUT2D eigenvalue weighted by Crippen LogP contribution is -2.68. The van der Waals surface area contributed by atoms with Gasteiger partial charge in [0.25, 0.3) is 0 Å². The zero-order valence-corrected chi connectivity index (χ0v) is 39.9. The molecule has 12 N–H and O–H groups in total. The number of fused-ring (bicyclic) bond motifs is 7. The molecular formula is C48H76O20. The molecule has 8 rings (SSSR count). The van der Waals surface area contributed by atoms with Gasteiger partial charge in [-0.2, -0.15) is 0 Å². The molecule has 4 saturated carbocycles. The van der Waals surface area contributed by atoms with Crippen LogP contribution in [-0.4, -0.2) is 198 Å². The molecule has 5 aliphatic carbocycles. The van der Waals surface area contributed by atoms with E-state index in [1.54, 1.807) is 0 Å². The van der Waals surface area contributed by atoms with Crippen LogP contribution in [0.1, 0.15) is 99.3 Å². The van der Waals surface area contributed by atoms with E-state index in [1.807, 2.05) is 13.8 Å². The topological polar surface area (TPSA) is 332 Å². The number of carbonyl (C=O) groups excluding carboxylic acids is 1. The molecule has 7 fully saturated rings. The number of carboxylic acids is 1. The summed E-state index contributed by atoms with van der Waals surface area (Å²) in [4.78, 5) is 26.7. The van der Waals surface area contributed by atoms with Gasteiger partial charge >= 0.3 is 5.97 Å². The molecule has 20 nitrogen and oxygen atoms in total. The van der Waals surface area contributed by atoms with Crippen molar-refractivity contribution >= 4 is 11.8 Å². The minimum Gasteiger partial charge on any atom is -0.479 e. The van der Waals surface area contributed by atoms with Gasteiger partial charge in [0.2, 0.25) is 0 Å². The maximum Gasteiger partial charge on any atom is 0.335 e. The van der Waals surface area contributed by atoms with Crippen molar-refractivity contribution in [1.29, 1.82) is 0 Å². The fraction of sp³-hybridized carbons (Fsp3) is 0.917. The summed E-state index contributed by atoms with van der Waals surface area (Å²) in [6, 6.07) is 0. The van der Waals surface area contributed by atoms with E-state index in [2.05, 4.69) is 33.8 Å². The number of carbonyl (C=O) groups is 2. The monoisotopic (exact) mass is 972 g/mol. The Morgan fingerprint density at radius 1 is 0.691 bits per heavy atom. The average molecular weight is 973 g/mol. The summed E-state index contributed by atoms with van der Waals surface area (Å²) in [7, 11) is 0. The Morgan fingerprint density at radius 2 is 1.31 bits per heavy atom. The fourth-order valence-corrected chi connectivity index (χ4v) is 15.0. The molecule has 388 valence electrons. The molecule has 0 bridgehead atoms. The van der Waals surface area contributed by atoms with Crippen LogP contribution in [0.3, 0.4) is 0 Å². The Bertz CT molecular complexity index is 1900. The third kappa shape index (κ3) is 8.08. The second kappa shape index (κ2) is 18.6. The molecule has 25 atom stereocenters. The first-order valence-electron chi connectivity index (χ1n) is 24.4. The molecule has 20 heteroatoms. The second-order valence-electron chi connectivity index (χ2n) is 23.3. The Morgan fingerprint density at radius 3 is 1.91 bits per heavy atom. The molecule has 0 aromatic carbocycles. The molecule has 0 radical (unpaired) electrons. The first kappa shape index (κ1) is 52.5. The lowest BCUT2D eigenvalue weighted by atomic mass is 9.33. The quantitative estimate of drug-likeness (QED) is 0.0860. The average Bonchev–Trinajstić information content (AvgIpc) is 3.29. The maximum atomic E-state index is 14.4. The summed E-state index contributed by atoms with van der Waals surface area (Å²) in [5.41, 5.74) is -1.90. The number of aliphatic hydroxyl groups is 11. The number of carboxylic acid groups (broad SMARTS) is 1. The largest absolute Gasteiger partial charge is 0.479 e. The van der Waals surface area contributed by atoms with Gasteiger partial charge in [-0.05, 0) is 90.8 Å². The van der Waals surface area contributed by atoms with Crippen molar-refractivity contribution in [3.8, 4) is 0 Å². The van der Waals surface area contributed by atoms with E-state index in [9.17, 15) is 70.9 Å². The molecule has 3 aliphatic heterocycles. The van der Waals surface area contributed by atoms with Crippen molar-refractivity contribution in [2.45, 2.75) is 198 Å². The van der Waals surface area contributed by atoms with Crippen LogP contribution in [0.15, 0.2) is 11.6 Å². The van der Waals surface area contributed by atoms with E-state index in [1.165, 1.54) is 5.57 Å². The minimum atomic E-state index is -2.02. The summed E-state index contributed by atoms with van der Waals surface area (Å²) in [6.45, 7) is 11.3. The Hall–Kier alpha value is -1.80. The van der Waals surface area contributed by atoms with Crippen molar-refractivity contribution in [1.82, 2.24) is 0 Å². The lowest BCUT2D eigenvalue weighted by Gasteiger charge is -2.71. The lowest BCUT2D eigenvalue weighted by molar-refractivity contribution is -0.375. The van der Waals surface area contributed by atoms with Gasteiger partial charge in [-0.25, -0.2) is 4.79 Å². The van der Waals surface area contributed by atoms with Gasteiger partial charge in [-0.3, -0.25) is 4.79 Å². The highest BCUT2D eigenvalue weighted by Crippen LogP contribution is 2.75. The highest BCUT2D eigenvalue weighted by molar-refractivity contribution is 5.87. The van der Waals surface area contributed by atoms with Gasteiger partial charge in [0.15, 0.2) is 25.0 Å². The van der Waals surface area contributed by atoms with Crippen LogP contribution in [0.2, 0.25) is 0 Å². The number of rotatable bonds is 11. The molecule has 8 aliphatic rings.